The van der Waals surface area contributed by atoms with Crippen LogP contribution >= 0.6 is 27.3 Å². The second kappa shape index (κ2) is 8.49. The summed E-state index contributed by atoms with van der Waals surface area (Å²) in [6.45, 7) is 2.44. The predicted molar refractivity (Wildman–Crippen MR) is 119 cm³/mol. The van der Waals surface area contributed by atoms with E-state index >= 15 is 0 Å². The summed E-state index contributed by atoms with van der Waals surface area (Å²) in [5, 5.41) is 3.43. The fourth-order valence-corrected chi connectivity index (χ4v) is 5.11. The molecule has 2 aromatic carbocycles. The average molecular weight is 470 g/mol. The Morgan fingerprint density at radius 1 is 1.10 bits per heavy atom. The smallest absolute Gasteiger partial charge is 0.256 e. The van der Waals surface area contributed by atoms with Crippen LogP contribution in [0.4, 0.5) is 5.00 Å². The first kappa shape index (κ1) is 19.8. The molecule has 0 spiro atoms. The second-order valence-corrected chi connectivity index (χ2v) is 9.00. The lowest BCUT2D eigenvalue weighted by atomic mass is 10.0. The maximum absolute atomic E-state index is 12.6. The van der Waals surface area contributed by atoms with Crippen molar-refractivity contribution >= 4 is 44.1 Å². The third-order valence-corrected chi connectivity index (χ3v) is 6.63. The van der Waals surface area contributed by atoms with Gasteiger partial charge in [0.25, 0.3) is 11.8 Å². The summed E-state index contributed by atoms with van der Waals surface area (Å²) < 4.78 is 0.900. The van der Waals surface area contributed by atoms with Gasteiger partial charge < -0.3 is 11.1 Å². The number of fused-ring (bicyclic) bond motifs is 1. The number of carbonyl (C=O) groups excluding carboxylic acids is 2. The van der Waals surface area contributed by atoms with Crippen LogP contribution in [0.5, 0.6) is 0 Å². The van der Waals surface area contributed by atoms with Crippen LogP contribution < -0.4 is 11.1 Å². The standard InChI is InChI=1S/C22H20BrN3O2S/c23-16-8-6-15(7-9-16)21(28)25-22-19(20(24)27)17-10-11-26(13-18(17)29-22)12-14-4-2-1-3-5-14/h1-9H,10-13H2,(H2,24,27)(H,25,28). The first-order valence-electron chi connectivity index (χ1n) is 9.29. The molecule has 3 N–H and O–H groups in total. The van der Waals surface area contributed by atoms with E-state index in [0.717, 1.165) is 41.0 Å². The SMILES string of the molecule is NC(=O)c1c(NC(=O)c2ccc(Br)cc2)sc2c1CCN(Cc1ccccc1)C2. The molecule has 0 saturated heterocycles. The molecule has 3 aromatic rings. The molecular weight excluding hydrogens is 450 g/mol. The Labute approximate surface area is 181 Å². The molecule has 29 heavy (non-hydrogen) atoms. The molecule has 2 amide bonds. The number of amides is 2. The topological polar surface area (TPSA) is 75.4 Å². The minimum Gasteiger partial charge on any atom is -0.365 e. The fraction of sp³-hybridized carbons (Fsp3) is 0.182. The van der Waals surface area contributed by atoms with Gasteiger partial charge in [0, 0.05) is 34.5 Å². The Balaban J connectivity index is 1.56. The number of hydrogen-bond acceptors (Lipinski definition) is 4. The Hall–Kier alpha value is -2.48. The number of halogens is 1. The molecule has 0 fully saturated rings. The van der Waals surface area contributed by atoms with Gasteiger partial charge in [0.1, 0.15) is 5.00 Å². The summed E-state index contributed by atoms with van der Waals surface area (Å²) in [7, 11) is 0. The molecule has 2 heterocycles. The molecule has 5 nitrogen and oxygen atoms in total. The molecule has 0 radical (unpaired) electrons. The maximum Gasteiger partial charge on any atom is 0.256 e. The summed E-state index contributed by atoms with van der Waals surface area (Å²) >= 11 is 4.81. The van der Waals surface area contributed by atoms with Crippen LogP contribution in [0.15, 0.2) is 59.1 Å². The number of nitrogens with one attached hydrogen (secondary N) is 1. The highest BCUT2D eigenvalue weighted by Crippen LogP contribution is 2.37. The number of hydrogen-bond donors (Lipinski definition) is 2. The van der Waals surface area contributed by atoms with E-state index < -0.39 is 5.91 Å². The van der Waals surface area contributed by atoms with E-state index in [2.05, 4.69) is 38.3 Å². The van der Waals surface area contributed by atoms with Crippen molar-refractivity contribution in [3.05, 3.63) is 86.2 Å². The minimum atomic E-state index is -0.495. The molecule has 1 aliphatic rings. The van der Waals surface area contributed by atoms with E-state index in [-0.39, 0.29) is 5.91 Å². The van der Waals surface area contributed by atoms with Crippen LogP contribution in [-0.2, 0) is 19.5 Å². The number of nitrogens with two attached hydrogens (primary N) is 1. The van der Waals surface area contributed by atoms with E-state index in [0.29, 0.717) is 16.1 Å². The van der Waals surface area contributed by atoms with Crippen LogP contribution in [-0.4, -0.2) is 23.3 Å². The van der Waals surface area contributed by atoms with Crippen molar-refractivity contribution < 1.29 is 9.59 Å². The molecule has 0 unspecified atom stereocenters. The maximum atomic E-state index is 12.6. The Morgan fingerprint density at radius 3 is 2.52 bits per heavy atom. The number of primary amides is 1. The third kappa shape index (κ3) is 4.42. The van der Waals surface area contributed by atoms with Gasteiger partial charge in [-0.2, -0.15) is 0 Å². The number of nitrogens with zero attached hydrogens (tertiary/aromatic N) is 1. The normalized spacial score (nSPS) is 13.7. The molecule has 0 bridgehead atoms. The second-order valence-electron chi connectivity index (χ2n) is 6.98. The van der Waals surface area contributed by atoms with E-state index in [9.17, 15) is 9.59 Å². The van der Waals surface area contributed by atoms with Gasteiger partial charge in [-0.15, -0.1) is 11.3 Å². The number of rotatable bonds is 5. The first-order chi connectivity index (χ1) is 14.0. The Morgan fingerprint density at radius 2 is 1.83 bits per heavy atom. The van der Waals surface area contributed by atoms with Gasteiger partial charge in [-0.1, -0.05) is 46.3 Å². The lowest BCUT2D eigenvalue weighted by Crippen LogP contribution is -2.30. The van der Waals surface area contributed by atoms with Crippen molar-refractivity contribution in [2.75, 3.05) is 11.9 Å². The lowest BCUT2D eigenvalue weighted by Gasteiger charge is -2.27. The molecule has 0 saturated carbocycles. The van der Waals surface area contributed by atoms with Gasteiger partial charge in [0.15, 0.2) is 0 Å². The third-order valence-electron chi connectivity index (χ3n) is 4.96. The summed E-state index contributed by atoms with van der Waals surface area (Å²) in [6.07, 6.45) is 0.741. The molecule has 1 aliphatic heterocycles. The predicted octanol–water partition coefficient (Wildman–Crippen LogP) is 4.42. The van der Waals surface area contributed by atoms with Gasteiger partial charge in [0.05, 0.1) is 5.56 Å². The number of carbonyl (C=O) groups is 2. The highest BCUT2D eigenvalue weighted by molar-refractivity contribution is 9.10. The van der Waals surface area contributed by atoms with Gasteiger partial charge in [0.2, 0.25) is 0 Å². The molecule has 0 aliphatic carbocycles. The zero-order valence-corrected chi connectivity index (χ0v) is 18.1. The molecule has 4 rings (SSSR count). The van der Waals surface area contributed by atoms with Gasteiger partial charge >= 0.3 is 0 Å². The largest absolute Gasteiger partial charge is 0.365 e. The highest BCUT2D eigenvalue weighted by Gasteiger charge is 2.27. The van der Waals surface area contributed by atoms with Crippen molar-refractivity contribution in [2.45, 2.75) is 19.5 Å². The summed E-state index contributed by atoms with van der Waals surface area (Å²) in [5.41, 5.74) is 8.88. The molecular formula is C22H20BrN3O2S. The minimum absolute atomic E-state index is 0.250. The van der Waals surface area contributed by atoms with Gasteiger partial charge in [-0.05, 0) is 41.8 Å². The van der Waals surface area contributed by atoms with Gasteiger partial charge in [-0.3, -0.25) is 14.5 Å². The average Bonchev–Trinajstić information content (AvgIpc) is 3.06. The van der Waals surface area contributed by atoms with Crippen LogP contribution in [0.2, 0.25) is 0 Å². The van der Waals surface area contributed by atoms with Crippen molar-refractivity contribution in [1.82, 2.24) is 4.90 Å². The summed E-state index contributed by atoms with van der Waals surface area (Å²) in [6, 6.07) is 17.4. The van der Waals surface area contributed by atoms with Gasteiger partial charge in [-0.25, -0.2) is 0 Å². The van der Waals surface area contributed by atoms with E-state index in [1.807, 2.05) is 30.3 Å². The lowest BCUT2D eigenvalue weighted by molar-refractivity contribution is 0.0999. The van der Waals surface area contributed by atoms with Crippen molar-refractivity contribution in [3.63, 3.8) is 0 Å². The summed E-state index contributed by atoms with van der Waals surface area (Å²) in [4.78, 5) is 28.2. The van der Waals surface area contributed by atoms with Crippen LogP contribution in [0.3, 0.4) is 0 Å². The zero-order chi connectivity index (χ0) is 20.4. The van der Waals surface area contributed by atoms with E-state index in [4.69, 9.17) is 5.73 Å². The van der Waals surface area contributed by atoms with E-state index in [1.165, 1.54) is 16.9 Å². The number of thiophene rings is 1. The molecule has 148 valence electrons. The molecule has 0 atom stereocenters. The van der Waals surface area contributed by atoms with Crippen molar-refractivity contribution in [1.29, 1.82) is 0 Å². The first-order valence-corrected chi connectivity index (χ1v) is 10.9. The zero-order valence-electron chi connectivity index (χ0n) is 15.7. The monoisotopic (exact) mass is 469 g/mol. The number of anilines is 1. The fourth-order valence-electron chi connectivity index (χ4n) is 3.56. The van der Waals surface area contributed by atoms with Crippen LogP contribution in [0, 0.1) is 0 Å². The Kier molecular flexibility index (Phi) is 5.80. The molecule has 7 heteroatoms. The summed E-state index contributed by atoms with van der Waals surface area (Å²) in [5.74, 6) is -0.746. The quantitative estimate of drug-likeness (QED) is 0.580. The van der Waals surface area contributed by atoms with Crippen LogP contribution in [0.25, 0.3) is 0 Å². The number of benzene rings is 2. The Bertz CT molecular complexity index is 1050. The van der Waals surface area contributed by atoms with Crippen molar-refractivity contribution in [3.8, 4) is 0 Å². The van der Waals surface area contributed by atoms with Crippen molar-refractivity contribution in [2.24, 2.45) is 5.73 Å². The molecule has 1 aromatic heterocycles. The highest BCUT2D eigenvalue weighted by atomic mass is 79.9. The van der Waals surface area contributed by atoms with E-state index in [1.54, 1.807) is 12.1 Å². The van der Waals surface area contributed by atoms with Crippen LogP contribution in [0.1, 0.15) is 36.7 Å².